The summed E-state index contributed by atoms with van der Waals surface area (Å²) in [6, 6.07) is 8.02. The van der Waals surface area contributed by atoms with E-state index >= 15 is 0 Å². The zero-order valence-electron chi connectivity index (χ0n) is 17.0. The first-order chi connectivity index (χ1) is 14.7. The molecule has 10 heteroatoms. The van der Waals surface area contributed by atoms with Gasteiger partial charge in [0.05, 0.1) is 22.6 Å². The molecule has 4 rings (SSSR count). The molecule has 0 fully saturated rings. The summed E-state index contributed by atoms with van der Waals surface area (Å²) < 4.78 is 38.1. The van der Waals surface area contributed by atoms with Crippen LogP contribution in [0.25, 0.3) is 11.0 Å². The van der Waals surface area contributed by atoms with Gasteiger partial charge in [-0.3, -0.25) is 14.9 Å². The van der Waals surface area contributed by atoms with Crippen LogP contribution in [0.1, 0.15) is 31.1 Å². The van der Waals surface area contributed by atoms with E-state index in [1.165, 1.54) is 25.3 Å². The molecule has 9 nitrogen and oxygen atoms in total. The minimum absolute atomic E-state index is 0.0789. The van der Waals surface area contributed by atoms with Gasteiger partial charge in [-0.2, -0.15) is 0 Å². The average Bonchev–Trinajstić information content (AvgIpc) is 3.11. The smallest absolute Gasteiger partial charge is 0.312 e. The molecule has 0 bridgehead atoms. The number of hydrogen-bond acceptors (Lipinski definition) is 7. The van der Waals surface area contributed by atoms with Crippen LogP contribution in [0.3, 0.4) is 0 Å². The average molecular weight is 444 g/mol. The molecule has 31 heavy (non-hydrogen) atoms. The molecule has 1 amide bonds. The van der Waals surface area contributed by atoms with Gasteiger partial charge in [0.15, 0.2) is 5.75 Å². The zero-order valence-corrected chi connectivity index (χ0v) is 17.8. The molecule has 0 N–H and O–H groups in total. The van der Waals surface area contributed by atoms with Crippen molar-refractivity contribution in [2.24, 2.45) is 0 Å². The first-order valence-corrected chi connectivity index (χ1v) is 11.1. The molecule has 3 aromatic rings. The van der Waals surface area contributed by atoms with Crippen LogP contribution in [0.15, 0.2) is 45.7 Å². The van der Waals surface area contributed by atoms with E-state index in [1.807, 2.05) is 0 Å². The van der Waals surface area contributed by atoms with Crippen molar-refractivity contribution in [3.05, 3.63) is 57.8 Å². The van der Waals surface area contributed by atoms with Crippen molar-refractivity contribution < 1.29 is 27.3 Å². The van der Waals surface area contributed by atoms with E-state index < -0.39 is 26.5 Å². The number of nitro benzene ring substituents is 1. The molecular formula is C21H20N2O7S. The summed E-state index contributed by atoms with van der Waals surface area (Å²) in [7, 11) is -3.16. The van der Waals surface area contributed by atoms with Crippen molar-refractivity contribution in [2.75, 3.05) is 11.4 Å². The Labute approximate surface area is 178 Å². The predicted octanol–water partition coefficient (Wildman–Crippen LogP) is 3.97. The number of nitro groups is 1. The Morgan fingerprint density at radius 1 is 1.16 bits per heavy atom. The molecule has 162 valence electrons. The summed E-state index contributed by atoms with van der Waals surface area (Å²) in [6.45, 7) is 1.13. The summed E-state index contributed by atoms with van der Waals surface area (Å²) >= 11 is 0. The van der Waals surface area contributed by atoms with E-state index in [4.69, 9.17) is 9.15 Å². The minimum Gasteiger partial charge on any atom is -0.490 e. The molecule has 2 aromatic carbocycles. The van der Waals surface area contributed by atoms with Gasteiger partial charge in [0.1, 0.15) is 11.3 Å². The van der Waals surface area contributed by atoms with E-state index in [0.717, 1.165) is 55.4 Å². The number of sulfonamides is 1. The van der Waals surface area contributed by atoms with Crippen LogP contribution in [0.4, 0.5) is 11.4 Å². The largest absolute Gasteiger partial charge is 0.490 e. The van der Waals surface area contributed by atoms with E-state index in [9.17, 15) is 23.3 Å². The lowest BCUT2D eigenvalue weighted by molar-refractivity contribution is -0.386. The first-order valence-electron chi connectivity index (χ1n) is 9.66. The topological polar surface area (TPSA) is 120 Å². The molecule has 0 unspecified atom stereocenters. The van der Waals surface area contributed by atoms with E-state index in [0.29, 0.717) is 9.89 Å². The SMILES string of the molecule is COc1ccc(S(=O)(=O)N(C(C)=O)c2ccc3oc4c(c3c2)CCCC4)cc1[N+](=O)[O-]. The Hall–Kier alpha value is -3.40. The second-order valence-electron chi connectivity index (χ2n) is 7.27. The van der Waals surface area contributed by atoms with Gasteiger partial charge < -0.3 is 9.15 Å². The van der Waals surface area contributed by atoms with Crippen LogP contribution < -0.4 is 9.04 Å². The maximum Gasteiger partial charge on any atom is 0.312 e. The number of benzene rings is 2. The quantitative estimate of drug-likeness (QED) is 0.431. The highest BCUT2D eigenvalue weighted by molar-refractivity contribution is 7.93. The third-order valence-electron chi connectivity index (χ3n) is 5.34. The standard InChI is InChI=1S/C21H20N2O7S/c1-13(24)22(31(27,28)15-8-10-21(29-2)18(12-15)23(25)26)14-7-9-20-17(11-14)16-5-3-4-6-19(16)30-20/h7-12H,3-6H2,1-2H3. The minimum atomic E-state index is -4.41. The number of rotatable bonds is 5. The van der Waals surface area contributed by atoms with Crippen molar-refractivity contribution in [3.63, 3.8) is 0 Å². The lowest BCUT2D eigenvalue weighted by atomic mass is 9.96. The van der Waals surface area contributed by atoms with Gasteiger partial charge in [-0.25, -0.2) is 12.7 Å². The fourth-order valence-corrected chi connectivity index (χ4v) is 5.39. The number of ether oxygens (including phenoxy) is 1. The Balaban J connectivity index is 1.85. The maximum absolute atomic E-state index is 13.3. The lowest BCUT2D eigenvalue weighted by Gasteiger charge is -2.21. The monoisotopic (exact) mass is 444 g/mol. The number of carbonyl (C=O) groups is 1. The van der Waals surface area contributed by atoms with Gasteiger partial charge in [-0.15, -0.1) is 0 Å². The molecular weight excluding hydrogens is 424 g/mol. The third kappa shape index (κ3) is 3.52. The van der Waals surface area contributed by atoms with Gasteiger partial charge in [-0.05, 0) is 49.6 Å². The fourth-order valence-electron chi connectivity index (χ4n) is 3.95. The van der Waals surface area contributed by atoms with Gasteiger partial charge in [0.2, 0.25) is 5.91 Å². The molecule has 0 saturated heterocycles. The number of nitrogens with zero attached hydrogens (tertiary/aromatic N) is 2. The van der Waals surface area contributed by atoms with Crippen molar-refractivity contribution in [1.29, 1.82) is 0 Å². The molecule has 0 radical (unpaired) electrons. The highest BCUT2D eigenvalue weighted by atomic mass is 32.2. The predicted molar refractivity (Wildman–Crippen MR) is 113 cm³/mol. The van der Waals surface area contributed by atoms with Crippen LogP contribution in [0, 0.1) is 10.1 Å². The Morgan fingerprint density at radius 3 is 2.58 bits per heavy atom. The number of carbonyl (C=O) groups excluding carboxylic acids is 1. The molecule has 0 aliphatic heterocycles. The summed E-state index contributed by atoms with van der Waals surface area (Å²) in [6.07, 6.45) is 3.69. The molecule has 1 aliphatic carbocycles. The molecule has 0 atom stereocenters. The maximum atomic E-state index is 13.3. The van der Waals surface area contributed by atoms with Crippen molar-refractivity contribution in [3.8, 4) is 5.75 Å². The summed E-state index contributed by atoms with van der Waals surface area (Å²) in [5, 5.41) is 12.1. The number of hydrogen-bond donors (Lipinski definition) is 0. The summed E-state index contributed by atoms with van der Waals surface area (Å²) in [4.78, 5) is 22.6. The van der Waals surface area contributed by atoms with Gasteiger partial charge >= 0.3 is 5.69 Å². The highest BCUT2D eigenvalue weighted by Gasteiger charge is 2.32. The van der Waals surface area contributed by atoms with Gasteiger partial charge in [0, 0.05) is 30.4 Å². The first kappa shape index (κ1) is 20.9. The van der Waals surface area contributed by atoms with Crippen LogP contribution in [0.5, 0.6) is 5.75 Å². The van der Waals surface area contributed by atoms with Crippen molar-refractivity contribution >= 4 is 38.3 Å². The van der Waals surface area contributed by atoms with Crippen molar-refractivity contribution in [2.45, 2.75) is 37.5 Å². The van der Waals surface area contributed by atoms with Gasteiger partial charge in [0.25, 0.3) is 10.0 Å². The third-order valence-corrected chi connectivity index (χ3v) is 7.14. The van der Waals surface area contributed by atoms with Crippen LogP contribution in [-0.2, 0) is 27.7 Å². The Bertz CT molecular complexity index is 1310. The second-order valence-corrected chi connectivity index (χ2v) is 9.06. The number of fused-ring (bicyclic) bond motifs is 3. The summed E-state index contributed by atoms with van der Waals surface area (Å²) in [5.41, 5.74) is 1.31. The molecule has 1 heterocycles. The number of methoxy groups -OCH3 is 1. The highest BCUT2D eigenvalue weighted by Crippen LogP contribution is 2.36. The Morgan fingerprint density at radius 2 is 1.90 bits per heavy atom. The lowest BCUT2D eigenvalue weighted by Crippen LogP contribution is -2.35. The zero-order chi connectivity index (χ0) is 22.3. The fraction of sp³-hybridized carbons (Fsp3) is 0.286. The van der Waals surface area contributed by atoms with E-state index in [2.05, 4.69) is 0 Å². The van der Waals surface area contributed by atoms with Crippen LogP contribution in [-0.4, -0.2) is 26.4 Å². The molecule has 1 aromatic heterocycles. The molecule has 0 spiro atoms. The van der Waals surface area contributed by atoms with Crippen molar-refractivity contribution in [1.82, 2.24) is 0 Å². The van der Waals surface area contributed by atoms with E-state index in [1.54, 1.807) is 12.1 Å². The number of furan rings is 1. The molecule has 0 saturated carbocycles. The number of anilines is 1. The Kier molecular flexibility index (Phi) is 5.18. The normalized spacial score (nSPS) is 13.6. The summed E-state index contributed by atoms with van der Waals surface area (Å²) in [5.74, 6) is 0.0707. The molecule has 1 aliphatic rings. The van der Waals surface area contributed by atoms with E-state index in [-0.39, 0.29) is 16.3 Å². The van der Waals surface area contributed by atoms with Crippen LogP contribution in [0.2, 0.25) is 0 Å². The van der Waals surface area contributed by atoms with Gasteiger partial charge in [-0.1, -0.05) is 0 Å². The number of amides is 1. The number of aryl methyl sites for hydroxylation is 2. The van der Waals surface area contributed by atoms with Crippen LogP contribution >= 0.6 is 0 Å². The second kappa shape index (κ2) is 7.69.